The lowest BCUT2D eigenvalue weighted by Gasteiger charge is -1.92. The number of rotatable bonds is 3. The number of thiophene rings is 1. The first kappa shape index (κ1) is 10.6. The minimum absolute atomic E-state index is 0. The van der Waals surface area contributed by atoms with Gasteiger partial charge in [0.1, 0.15) is 0 Å². The molecule has 2 aromatic rings. The van der Waals surface area contributed by atoms with E-state index in [2.05, 4.69) is 27.5 Å². The maximum atomic E-state index is 4.13. The van der Waals surface area contributed by atoms with Crippen molar-refractivity contribution in [2.75, 3.05) is 0 Å². The van der Waals surface area contributed by atoms with Crippen LogP contribution in [0.3, 0.4) is 0 Å². The van der Waals surface area contributed by atoms with Crippen LogP contribution in [0.4, 0.5) is 0 Å². The van der Waals surface area contributed by atoms with Gasteiger partial charge in [0.2, 0.25) is 0 Å². The Morgan fingerprint density at radius 2 is 2.46 bits per heavy atom. The Hall–Kier alpha value is -0.450. The summed E-state index contributed by atoms with van der Waals surface area (Å²) in [5, 5.41) is 3.08. The SMILES string of the molecule is Cl.c1csc(CSc2ncc[nH]2)c1. The normalized spacial score (nSPS) is 9.54. The van der Waals surface area contributed by atoms with Crippen molar-refractivity contribution in [3.05, 3.63) is 34.8 Å². The van der Waals surface area contributed by atoms with E-state index in [1.807, 2.05) is 6.20 Å². The number of halogens is 1. The quantitative estimate of drug-likeness (QED) is 0.824. The highest BCUT2D eigenvalue weighted by molar-refractivity contribution is 7.98. The molecule has 13 heavy (non-hydrogen) atoms. The summed E-state index contributed by atoms with van der Waals surface area (Å²) >= 11 is 3.51. The number of aromatic nitrogens is 2. The molecule has 0 bridgehead atoms. The molecule has 0 spiro atoms. The third-order valence-electron chi connectivity index (χ3n) is 1.40. The summed E-state index contributed by atoms with van der Waals surface area (Å²) in [4.78, 5) is 8.57. The summed E-state index contributed by atoms with van der Waals surface area (Å²) < 4.78 is 0. The number of imidazole rings is 1. The zero-order valence-electron chi connectivity index (χ0n) is 6.77. The molecule has 0 unspecified atom stereocenters. The zero-order chi connectivity index (χ0) is 8.23. The molecule has 0 saturated heterocycles. The summed E-state index contributed by atoms with van der Waals surface area (Å²) in [7, 11) is 0. The minimum Gasteiger partial charge on any atom is -0.340 e. The molecule has 0 atom stereocenters. The lowest BCUT2D eigenvalue weighted by atomic mass is 10.5. The molecule has 70 valence electrons. The number of hydrogen-bond donors (Lipinski definition) is 1. The molecule has 0 amide bonds. The van der Waals surface area contributed by atoms with Gasteiger partial charge in [-0.2, -0.15) is 0 Å². The Kier molecular flexibility index (Phi) is 4.35. The molecule has 1 N–H and O–H groups in total. The van der Waals surface area contributed by atoms with E-state index in [0.717, 1.165) is 10.9 Å². The van der Waals surface area contributed by atoms with Crippen molar-refractivity contribution < 1.29 is 0 Å². The van der Waals surface area contributed by atoms with E-state index in [1.165, 1.54) is 4.88 Å². The lowest BCUT2D eigenvalue weighted by molar-refractivity contribution is 1.06. The smallest absolute Gasteiger partial charge is 0.165 e. The number of thioether (sulfide) groups is 1. The standard InChI is InChI=1S/C8H8N2S2.ClH/c1-2-7(11-5-1)6-12-8-9-3-4-10-8;/h1-5H,6H2,(H,9,10);1H. The lowest BCUT2D eigenvalue weighted by Crippen LogP contribution is -1.75. The van der Waals surface area contributed by atoms with Crippen LogP contribution < -0.4 is 0 Å². The molecule has 2 nitrogen and oxygen atoms in total. The molecule has 2 rings (SSSR count). The van der Waals surface area contributed by atoms with Crippen molar-refractivity contribution in [1.29, 1.82) is 0 Å². The first-order valence-corrected chi connectivity index (χ1v) is 5.46. The van der Waals surface area contributed by atoms with Gasteiger partial charge in [0.05, 0.1) is 0 Å². The summed E-state index contributed by atoms with van der Waals surface area (Å²) in [6.07, 6.45) is 3.62. The van der Waals surface area contributed by atoms with E-state index in [4.69, 9.17) is 0 Å². The number of aromatic amines is 1. The van der Waals surface area contributed by atoms with Crippen molar-refractivity contribution in [2.24, 2.45) is 0 Å². The van der Waals surface area contributed by atoms with Gasteiger partial charge in [0.25, 0.3) is 0 Å². The van der Waals surface area contributed by atoms with Crippen molar-refractivity contribution in [1.82, 2.24) is 9.97 Å². The third-order valence-corrected chi connectivity index (χ3v) is 3.42. The fraction of sp³-hybridized carbons (Fsp3) is 0.125. The number of H-pyrrole nitrogens is 1. The molecule has 0 radical (unpaired) electrons. The van der Waals surface area contributed by atoms with Crippen molar-refractivity contribution in [3.63, 3.8) is 0 Å². The highest BCUT2D eigenvalue weighted by atomic mass is 35.5. The van der Waals surface area contributed by atoms with Crippen molar-refractivity contribution in [2.45, 2.75) is 10.9 Å². The Balaban J connectivity index is 0.000000845. The number of hydrogen-bond acceptors (Lipinski definition) is 3. The van der Waals surface area contributed by atoms with Gasteiger partial charge in [0.15, 0.2) is 5.16 Å². The molecule has 2 aromatic heterocycles. The highest BCUT2D eigenvalue weighted by Crippen LogP contribution is 2.21. The molecule has 0 aliphatic rings. The van der Waals surface area contributed by atoms with Crippen LogP contribution in [0.5, 0.6) is 0 Å². The topological polar surface area (TPSA) is 28.7 Å². The number of nitrogens with zero attached hydrogens (tertiary/aromatic N) is 1. The molecular weight excluding hydrogens is 224 g/mol. The second kappa shape index (κ2) is 5.32. The Labute approximate surface area is 91.2 Å². The fourth-order valence-electron chi connectivity index (χ4n) is 0.864. The van der Waals surface area contributed by atoms with E-state index >= 15 is 0 Å². The van der Waals surface area contributed by atoms with E-state index in [9.17, 15) is 0 Å². The molecule has 2 heterocycles. The van der Waals surface area contributed by atoms with Gasteiger partial charge in [-0.3, -0.25) is 0 Å². The van der Waals surface area contributed by atoms with E-state index < -0.39 is 0 Å². The van der Waals surface area contributed by atoms with Crippen molar-refractivity contribution >= 4 is 35.5 Å². The average molecular weight is 233 g/mol. The van der Waals surface area contributed by atoms with Crippen LogP contribution in [0.1, 0.15) is 4.88 Å². The molecule has 0 aliphatic carbocycles. The van der Waals surface area contributed by atoms with Gasteiger partial charge in [-0.1, -0.05) is 17.8 Å². The molecule has 5 heteroatoms. The minimum atomic E-state index is 0. The second-order valence-electron chi connectivity index (χ2n) is 2.26. The predicted octanol–water partition coefficient (Wildman–Crippen LogP) is 3.19. The first-order chi connectivity index (χ1) is 5.95. The summed E-state index contributed by atoms with van der Waals surface area (Å²) in [6.45, 7) is 0. The average Bonchev–Trinajstić information content (AvgIpc) is 2.74. The monoisotopic (exact) mass is 232 g/mol. The first-order valence-electron chi connectivity index (χ1n) is 3.60. The Morgan fingerprint density at radius 3 is 3.08 bits per heavy atom. The van der Waals surface area contributed by atoms with E-state index in [0.29, 0.717) is 0 Å². The fourth-order valence-corrected chi connectivity index (χ4v) is 2.46. The molecule has 0 fully saturated rings. The van der Waals surface area contributed by atoms with Crippen LogP contribution in [0.25, 0.3) is 0 Å². The molecule has 0 aliphatic heterocycles. The van der Waals surface area contributed by atoms with Crippen LogP contribution >= 0.6 is 35.5 Å². The Bertz CT molecular complexity index is 284. The summed E-state index contributed by atoms with van der Waals surface area (Å²) in [5.74, 6) is 1.01. The summed E-state index contributed by atoms with van der Waals surface area (Å²) in [6, 6.07) is 4.21. The van der Waals surface area contributed by atoms with Gasteiger partial charge in [-0.15, -0.1) is 23.7 Å². The summed E-state index contributed by atoms with van der Waals surface area (Å²) in [5.41, 5.74) is 0. The molecule has 0 saturated carbocycles. The molecule has 0 aromatic carbocycles. The van der Waals surface area contributed by atoms with Gasteiger partial charge >= 0.3 is 0 Å². The molecular formula is C8H9ClN2S2. The largest absolute Gasteiger partial charge is 0.340 e. The second-order valence-corrected chi connectivity index (χ2v) is 4.26. The van der Waals surface area contributed by atoms with Crippen LogP contribution in [0.15, 0.2) is 35.1 Å². The van der Waals surface area contributed by atoms with Gasteiger partial charge in [-0.25, -0.2) is 4.98 Å². The van der Waals surface area contributed by atoms with Crippen LogP contribution in [0, 0.1) is 0 Å². The van der Waals surface area contributed by atoms with Gasteiger partial charge in [-0.05, 0) is 11.4 Å². The Morgan fingerprint density at radius 1 is 1.54 bits per heavy atom. The van der Waals surface area contributed by atoms with Gasteiger partial charge in [0, 0.05) is 23.0 Å². The maximum Gasteiger partial charge on any atom is 0.165 e. The van der Waals surface area contributed by atoms with Gasteiger partial charge < -0.3 is 4.98 Å². The van der Waals surface area contributed by atoms with Crippen LogP contribution in [0.2, 0.25) is 0 Å². The van der Waals surface area contributed by atoms with Crippen LogP contribution in [-0.4, -0.2) is 9.97 Å². The predicted molar refractivity (Wildman–Crippen MR) is 59.7 cm³/mol. The number of nitrogens with one attached hydrogen (secondary N) is 1. The highest BCUT2D eigenvalue weighted by Gasteiger charge is 1.97. The third kappa shape index (κ3) is 3.06. The zero-order valence-corrected chi connectivity index (χ0v) is 9.22. The van der Waals surface area contributed by atoms with Crippen LogP contribution in [-0.2, 0) is 5.75 Å². The van der Waals surface area contributed by atoms with Crippen molar-refractivity contribution in [3.8, 4) is 0 Å². The van der Waals surface area contributed by atoms with E-state index in [-0.39, 0.29) is 12.4 Å². The van der Waals surface area contributed by atoms with E-state index in [1.54, 1.807) is 29.3 Å². The maximum absolute atomic E-state index is 4.13.